The summed E-state index contributed by atoms with van der Waals surface area (Å²) >= 11 is 0. The topological polar surface area (TPSA) is 46.9 Å². The van der Waals surface area contributed by atoms with Crippen LogP contribution >= 0.6 is 0 Å². The molecule has 23 heavy (non-hydrogen) atoms. The highest BCUT2D eigenvalue weighted by Crippen LogP contribution is 2.23. The number of hydrogen-bond acceptors (Lipinski definition) is 2. The SMILES string of the molecule is O=C(Nc1ccc(-n2ccnc2)cc1)c1ccc2c(c1)CCC2. The molecule has 1 aromatic heterocycles. The third kappa shape index (κ3) is 2.75. The first-order valence-electron chi connectivity index (χ1n) is 7.81. The predicted octanol–water partition coefficient (Wildman–Crippen LogP) is 3.61. The summed E-state index contributed by atoms with van der Waals surface area (Å²) in [7, 11) is 0. The molecule has 114 valence electrons. The zero-order valence-electron chi connectivity index (χ0n) is 12.7. The minimum Gasteiger partial charge on any atom is -0.322 e. The van der Waals surface area contributed by atoms with Crippen molar-refractivity contribution in [1.82, 2.24) is 9.55 Å². The fourth-order valence-electron chi connectivity index (χ4n) is 3.05. The van der Waals surface area contributed by atoms with Gasteiger partial charge in [0.25, 0.3) is 5.91 Å². The lowest BCUT2D eigenvalue weighted by molar-refractivity contribution is 0.102. The number of aryl methyl sites for hydroxylation is 2. The predicted molar refractivity (Wildman–Crippen MR) is 90.0 cm³/mol. The number of hydrogen-bond donors (Lipinski definition) is 1. The second-order valence-corrected chi connectivity index (χ2v) is 5.81. The van der Waals surface area contributed by atoms with E-state index in [4.69, 9.17) is 0 Å². The average molecular weight is 303 g/mol. The van der Waals surface area contributed by atoms with E-state index >= 15 is 0 Å². The van der Waals surface area contributed by atoms with E-state index in [-0.39, 0.29) is 5.91 Å². The maximum absolute atomic E-state index is 12.4. The Morgan fingerprint density at radius 1 is 1.04 bits per heavy atom. The summed E-state index contributed by atoms with van der Waals surface area (Å²) < 4.78 is 1.92. The highest BCUT2D eigenvalue weighted by atomic mass is 16.1. The molecule has 3 aromatic rings. The van der Waals surface area contributed by atoms with Crippen LogP contribution in [0.4, 0.5) is 5.69 Å². The monoisotopic (exact) mass is 303 g/mol. The van der Waals surface area contributed by atoms with Gasteiger partial charge in [0.2, 0.25) is 0 Å². The number of carbonyl (C=O) groups excluding carboxylic acids is 1. The smallest absolute Gasteiger partial charge is 0.255 e. The van der Waals surface area contributed by atoms with Gasteiger partial charge in [-0.05, 0) is 66.8 Å². The van der Waals surface area contributed by atoms with Gasteiger partial charge >= 0.3 is 0 Å². The number of nitrogens with one attached hydrogen (secondary N) is 1. The summed E-state index contributed by atoms with van der Waals surface area (Å²) in [5.41, 5.74) is 5.22. The molecule has 2 aromatic carbocycles. The Morgan fingerprint density at radius 3 is 2.65 bits per heavy atom. The van der Waals surface area contributed by atoms with Crippen molar-refractivity contribution in [2.45, 2.75) is 19.3 Å². The van der Waals surface area contributed by atoms with Crippen molar-refractivity contribution in [1.29, 1.82) is 0 Å². The third-order valence-electron chi connectivity index (χ3n) is 4.29. The van der Waals surface area contributed by atoms with E-state index in [1.165, 1.54) is 17.5 Å². The summed E-state index contributed by atoms with van der Waals surface area (Å²) in [5.74, 6) is -0.0601. The molecular formula is C19H17N3O. The molecule has 0 unspecified atom stereocenters. The number of benzene rings is 2. The normalized spacial score (nSPS) is 12.9. The number of fused-ring (bicyclic) bond motifs is 1. The molecule has 1 heterocycles. The van der Waals surface area contributed by atoms with Gasteiger partial charge < -0.3 is 9.88 Å². The molecule has 0 fully saturated rings. The molecular weight excluding hydrogens is 286 g/mol. The van der Waals surface area contributed by atoms with Crippen molar-refractivity contribution in [2.75, 3.05) is 5.32 Å². The highest BCUT2D eigenvalue weighted by Gasteiger charge is 2.14. The molecule has 0 aliphatic heterocycles. The minimum atomic E-state index is -0.0601. The molecule has 1 aliphatic rings. The van der Waals surface area contributed by atoms with Crippen LogP contribution in [0.25, 0.3) is 5.69 Å². The van der Waals surface area contributed by atoms with Crippen molar-refractivity contribution in [3.63, 3.8) is 0 Å². The number of nitrogens with zero attached hydrogens (tertiary/aromatic N) is 2. The maximum atomic E-state index is 12.4. The number of rotatable bonds is 3. The summed E-state index contributed by atoms with van der Waals surface area (Å²) in [4.78, 5) is 16.4. The largest absolute Gasteiger partial charge is 0.322 e. The molecule has 4 rings (SSSR count). The van der Waals surface area contributed by atoms with Crippen LogP contribution in [0.2, 0.25) is 0 Å². The number of aromatic nitrogens is 2. The Bertz CT molecular complexity index is 836. The maximum Gasteiger partial charge on any atom is 0.255 e. The van der Waals surface area contributed by atoms with E-state index in [1.807, 2.05) is 47.2 Å². The molecule has 0 atom stereocenters. The molecule has 0 saturated carbocycles. The van der Waals surface area contributed by atoms with Crippen molar-refractivity contribution >= 4 is 11.6 Å². The lowest BCUT2D eigenvalue weighted by atomic mass is 10.1. The molecule has 0 spiro atoms. The molecule has 0 radical (unpaired) electrons. The van der Waals surface area contributed by atoms with E-state index in [0.717, 1.165) is 29.8 Å². The van der Waals surface area contributed by atoms with Crippen LogP contribution in [0.1, 0.15) is 27.9 Å². The van der Waals surface area contributed by atoms with Crippen LogP contribution in [0.3, 0.4) is 0 Å². The third-order valence-corrected chi connectivity index (χ3v) is 4.29. The molecule has 0 saturated heterocycles. The number of imidazole rings is 1. The van der Waals surface area contributed by atoms with Gasteiger partial charge in [-0.3, -0.25) is 4.79 Å². The van der Waals surface area contributed by atoms with Crippen LogP contribution in [-0.2, 0) is 12.8 Å². The average Bonchev–Trinajstić information content (AvgIpc) is 3.26. The van der Waals surface area contributed by atoms with Gasteiger partial charge in [0.15, 0.2) is 0 Å². The molecule has 1 aliphatic carbocycles. The minimum absolute atomic E-state index is 0.0601. The number of carbonyl (C=O) groups is 1. The van der Waals surface area contributed by atoms with Gasteiger partial charge in [-0.25, -0.2) is 4.98 Å². The Labute approximate surface area is 134 Å². The van der Waals surface area contributed by atoms with Crippen molar-refractivity contribution < 1.29 is 4.79 Å². The molecule has 1 amide bonds. The standard InChI is InChI=1S/C19H17N3O/c23-19(16-5-4-14-2-1-3-15(14)12-16)21-17-6-8-18(9-7-17)22-11-10-20-13-22/h4-13H,1-3H2,(H,21,23). The zero-order chi connectivity index (χ0) is 15.6. The first kappa shape index (κ1) is 13.8. The van der Waals surface area contributed by atoms with Crippen LogP contribution in [0, 0.1) is 0 Å². The summed E-state index contributed by atoms with van der Waals surface area (Å²) in [6.45, 7) is 0. The van der Waals surface area contributed by atoms with E-state index in [0.29, 0.717) is 0 Å². The number of anilines is 1. The van der Waals surface area contributed by atoms with Crippen LogP contribution in [0.5, 0.6) is 0 Å². The van der Waals surface area contributed by atoms with Gasteiger partial charge in [0.1, 0.15) is 0 Å². The van der Waals surface area contributed by atoms with E-state index < -0.39 is 0 Å². The Morgan fingerprint density at radius 2 is 1.87 bits per heavy atom. The fourth-order valence-corrected chi connectivity index (χ4v) is 3.05. The lowest BCUT2D eigenvalue weighted by Crippen LogP contribution is -2.12. The first-order chi connectivity index (χ1) is 11.3. The van der Waals surface area contributed by atoms with Crippen molar-refractivity contribution in [2.24, 2.45) is 0 Å². The molecule has 0 bridgehead atoms. The van der Waals surface area contributed by atoms with Gasteiger partial charge in [0.05, 0.1) is 6.33 Å². The van der Waals surface area contributed by atoms with Crippen LogP contribution < -0.4 is 5.32 Å². The fraction of sp³-hybridized carbons (Fsp3) is 0.158. The van der Waals surface area contributed by atoms with E-state index in [1.54, 1.807) is 12.5 Å². The zero-order valence-corrected chi connectivity index (χ0v) is 12.7. The van der Waals surface area contributed by atoms with Crippen molar-refractivity contribution in [3.05, 3.63) is 77.9 Å². The summed E-state index contributed by atoms with van der Waals surface area (Å²) in [6, 6.07) is 13.7. The van der Waals surface area contributed by atoms with E-state index in [2.05, 4.69) is 16.4 Å². The number of amides is 1. The quantitative estimate of drug-likeness (QED) is 0.803. The van der Waals surface area contributed by atoms with Gasteiger partial charge in [-0.1, -0.05) is 6.07 Å². The Kier molecular flexibility index (Phi) is 3.42. The molecule has 4 nitrogen and oxygen atoms in total. The second-order valence-electron chi connectivity index (χ2n) is 5.81. The summed E-state index contributed by atoms with van der Waals surface area (Å²) in [5, 5.41) is 2.96. The molecule has 1 N–H and O–H groups in total. The first-order valence-corrected chi connectivity index (χ1v) is 7.81. The van der Waals surface area contributed by atoms with Crippen LogP contribution in [0.15, 0.2) is 61.2 Å². The van der Waals surface area contributed by atoms with Gasteiger partial charge in [0, 0.05) is 29.3 Å². The highest BCUT2D eigenvalue weighted by molar-refractivity contribution is 6.04. The lowest BCUT2D eigenvalue weighted by Gasteiger charge is -2.08. The Balaban J connectivity index is 1.50. The summed E-state index contributed by atoms with van der Waals surface area (Å²) in [6.07, 6.45) is 8.78. The van der Waals surface area contributed by atoms with Crippen LogP contribution in [-0.4, -0.2) is 15.5 Å². The second kappa shape index (κ2) is 5.72. The van der Waals surface area contributed by atoms with E-state index in [9.17, 15) is 4.79 Å². The van der Waals surface area contributed by atoms with Gasteiger partial charge in [-0.2, -0.15) is 0 Å². The van der Waals surface area contributed by atoms with Gasteiger partial charge in [-0.15, -0.1) is 0 Å². The Hall–Kier alpha value is -2.88. The van der Waals surface area contributed by atoms with Crippen molar-refractivity contribution in [3.8, 4) is 5.69 Å². The molecule has 4 heteroatoms.